The highest BCUT2D eigenvalue weighted by Crippen LogP contribution is 2.41. The van der Waals surface area contributed by atoms with Crippen molar-refractivity contribution in [1.82, 2.24) is 14.8 Å². The molecule has 4 rings (SSSR count). The van der Waals surface area contributed by atoms with Gasteiger partial charge in [-0.3, -0.25) is 9.36 Å². The molecule has 8 heteroatoms. The van der Waals surface area contributed by atoms with E-state index in [1.165, 1.54) is 23.9 Å². The van der Waals surface area contributed by atoms with E-state index < -0.39 is 0 Å². The Hall–Kier alpha value is -2.38. The quantitative estimate of drug-likeness (QED) is 0.601. The van der Waals surface area contributed by atoms with Gasteiger partial charge >= 0.3 is 0 Å². The highest BCUT2D eigenvalue weighted by Gasteiger charge is 2.30. The van der Waals surface area contributed by atoms with E-state index in [1.807, 2.05) is 4.57 Å². The fraction of sp³-hybridized carbons (Fsp3) is 0.211. The Morgan fingerprint density at radius 1 is 1.15 bits per heavy atom. The van der Waals surface area contributed by atoms with Gasteiger partial charge in [0.2, 0.25) is 5.91 Å². The molecule has 1 aromatic heterocycles. The fourth-order valence-electron chi connectivity index (χ4n) is 2.69. The maximum atomic E-state index is 13.2. The Balaban J connectivity index is 1.46. The van der Waals surface area contributed by atoms with E-state index in [-0.39, 0.29) is 17.5 Å². The van der Waals surface area contributed by atoms with Gasteiger partial charge in [0.25, 0.3) is 0 Å². The molecule has 1 N–H and O–H groups in total. The first-order chi connectivity index (χ1) is 13.1. The van der Waals surface area contributed by atoms with Gasteiger partial charge in [0.15, 0.2) is 11.0 Å². The molecule has 1 heterocycles. The first-order valence-electron chi connectivity index (χ1n) is 8.49. The summed E-state index contributed by atoms with van der Waals surface area (Å²) < 4.78 is 15.2. The first kappa shape index (κ1) is 18.0. The van der Waals surface area contributed by atoms with Crippen molar-refractivity contribution in [3.8, 4) is 11.4 Å². The van der Waals surface area contributed by atoms with Crippen LogP contribution >= 0.6 is 23.4 Å². The third-order valence-corrected chi connectivity index (χ3v) is 5.33. The second kappa shape index (κ2) is 7.70. The van der Waals surface area contributed by atoms with Crippen LogP contribution in [0.1, 0.15) is 18.9 Å². The molecule has 3 aromatic rings. The van der Waals surface area contributed by atoms with Gasteiger partial charge in [0, 0.05) is 22.3 Å². The number of thioether (sulfide) groups is 1. The highest BCUT2D eigenvalue weighted by atomic mass is 35.5. The molecule has 0 unspecified atom stereocenters. The number of carbonyl (C=O) groups is 1. The Morgan fingerprint density at radius 3 is 2.52 bits per heavy atom. The predicted octanol–water partition coefficient (Wildman–Crippen LogP) is 4.80. The van der Waals surface area contributed by atoms with Crippen LogP contribution < -0.4 is 5.32 Å². The molecule has 27 heavy (non-hydrogen) atoms. The number of halogens is 2. The van der Waals surface area contributed by atoms with Crippen LogP contribution in [0.3, 0.4) is 0 Å². The van der Waals surface area contributed by atoms with Gasteiger partial charge in [0.05, 0.1) is 5.75 Å². The van der Waals surface area contributed by atoms with Crippen LogP contribution in [-0.2, 0) is 4.79 Å². The van der Waals surface area contributed by atoms with Crippen molar-refractivity contribution in [2.24, 2.45) is 0 Å². The lowest BCUT2D eigenvalue weighted by atomic mass is 10.2. The van der Waals surface area contributed by atoms with Gasteiger partial charge in [-0.1, -0.05) is 23.4 Å². The molecule has 0 saturated heterocycles. The van der Waals surface area contributed by atoms with Crippen molar-refractivity contribution in [2.45, 2.75) is 24.0 Å². The van der Waals surface area contributed by atoms with Crippen molar-refractivity contribution in [1.29, 1.82) is 0 Å². The standard InChI is InChI=1S/C19H16ClFN4OS/c20-13-3-7-15(8-4-13)22-17(26)11-27-19-24-23-18(25(19)16-9-10-16)12-1-5-14(21)6-2-12/h1-8,16H,9-11H2,(H,22,26). The number of amides is 1. The fourth-order valence-corrected chi connectivity index (χ4v) is 3.63. The first-order valence-corrected chi connectivity index (χ1v) is 9.85. The summed E-state index contributed by atoms with van der Waals surface area (Å²) in [6.07, 6.45) is 2.10. The van der Waals surface area contributed by atoms with Crippen LogP contribution in [0.25, 0.3) is 11.4 Å². The zero-order chi connectivity index (χ0) is 18.8. The summed E-state index contributed by atoms with van der Waals surface area (Å²) in [5.74, 6) is 0.510. The number of carbonyl (C=O) groups excluding carboxylic acids is 1. The van der Waals surface area contributed by atoms with Gasteiger partial charge in [-0.2, -0.15) is 0 Å². The molecular formula is C19H16ClFN4OS. The number of anilines is 1. The van der Waals surface area contributed by atoms with Gasteiger partial charge in [-0.05, 0) is 61.4 Å². The molecule has 0 radical (unpaired) electrons. The van der Waals surface area contributed by atoms with Crippen LogP contribution in [0, 0.1) is 5.82 Å². The Kier molecular flexibility index (Phi) is 5.13. The molecule has 5 nitrogen and oxygen atoms in total. The Bertz CT molecular complexity index is 955. The van der Waals surface area contributed by atoms with Crippen molar-refractivity contribution in [3.63, 3.8) is 0 Å². The number of benzene rings is 2. The Morgan fingerprint density at radius 2 is 1.85 bits per heavy atom. The van der Waals surface area contributed by atoms with Crippen molar-refractivity contribution < 1.29 is 9.18 Å². The normalized spacial score (nSPS) is 13.6. The van der Waals surface area contributed by atoms with E-state index in [0.29, 0.717) is 27.7 Å². The minimum Gasteiger partial charge on any atom is -0.325 e. The van der Waals surface area contributed by atoms with Crippen LogP contribution in [0.5, 0.6) is 0 Å². The third-order valence-electron chi connectivity index (χ3n) is 4.14. The number of hydrogen-bond acceptors (Lipinski definition) is 4. The maximum absolute atomic E-state index is 13.2. The zero-order valence-corrected chi connectivity index (χ0v) is 15.8. The summed E-state index contributed by atoms with van der Waals surface area (Å²) in [7, 11) is 0. The van der Waals surface area contributed by atoms with Crippen molar-refractivity contribution in [3.05, 3.63) is 59.4 Å². The molecule has 1 amide bonds. The van der Waals surface area contributed by atoms with Crippen LogP contribution in [0.2, 0.25) is 5.02 Å². The van der Waals surface area contributed by atoms with Crippen LogP contribution in [0.4, 0.5) is 10.1 Å². The lowest BCUT2D eigenvalue weighted by molar-refractivity contribution is -0.113. The monoisotopic (exact) mass is 402 g/mol. The summed E-state index contributed by atoms with van der Waals surface area (Å²) in [6.45, 7) is 0. The molecule has 0 bridgehead atoms. The summed E-state index contributed by atoms with van der Waals surface area (Å²) in [5, 5.41) is 12.7. The van der Waals surface area contributed by atoms with E-state index in [9.17, 15) is 9.18 Å². The minimum absolute atomic E-state index is 0.129. The Labute approximate surface area is 164 Å². The predicted molar refractivity (Wildman–Crippen MR) is 104 cm³/mol. The second-order valence-electron chi connectivity index (χ2n) is 6.26. The number of nitrogens with one attached hydrogen (secondary N) is 1. The third kappa shape index (κ3) is 4.31. The lowest BCUT2D eigenvalue weighted by Gasteiger charge is -2.09. The van der Waals surface area contributed by atoms with Crippen molar-refractivity contribution >= 4 is 35.0 Å². The van der Waals surface area contributed by atoms with Gasteiger partial charge in [0.1, 0.15) is 5.82 Å². The van der Waals surface area contributed by atoms with E-state index in [4.69, 9.17) is 11.6 Å². The van der Waals surface area contributed by atoms with E-state index in [0.717, 1.165) is 18.4 Å². The number of hydrogen-bond donors (Lipinski definition) is 1. The molecule has 1 aliphatic carbocycles. The number of aromatic nitrogens is 3. The second-order valence-corrected chi connectivity index (χ2v) is 7.64. The molecule has 0 aliphatic heterocycles. The van der Waals surface area contributed by atoms with Crippen LogP contribution in [-0.4, -0.2) is 26.4 Å². The summed E-state index contributed by atoms with van der Waals surface area (Å²) in [6, 6.07) is 13.5. The van der Waals surface area contributed by atoms with Crippen LogP contribution in [0.15, 0.2) is 53.7 Å². The number of rotatable bonds is 6. The summed E-state index contributed by atoms with van der Waals surface area (Å²) >= 11 is 7.19. The molecule has 0 spiro atoms. The van der Waals surface area contributed by atoms with E-state index >= 15 is 0 Å². The maximum Gasteiger partial charge on any atom is 0.234 e. The van der Waals surface area contributed by atoms with Crippen molar-refractivity contribution in [2.75, 3.05) is 11.1 Å². The summed E-state index contributed by atoms with van der Waals surface area (Å²) in [4.78, 5) is 12.2. The average molecular weight is 403 g/mol. The molecule has 0 atom stereocenters. The zero-order valence-electron chi connectivity index (χ0n) is 14.2. The SMILES string of the molecule is O=C(CSc1nnc(-c2ccc(F)cc2)n1C1CC1)Nc1ccc(Cl)cc1. The van der Waals surface area contributed by atoms with E-state index in [2.05, 4.69) is 15.5 Å². The average Bonchev–Trinajstić information content (AvgIpc) is 3.42. The van der Waals surface area contributed by atoms with Gasteiger partial charge in [-0.15, -0.1) is 10.2 Å². The molecule has 2 aromatic carbocycles. The number of nitrogens with zero attached hydrogens (tertiary/aromatic N) is 3. The topological polar surface area (TPSA) is 59.8 Å². The highest BCUT2D eigenvalue weighted by molar-refractivity contribution is 7.99. The minimum atomic E-state index is -0.287. The molecule has 1 aliphatic rings. The molecule has 1 saturated carbocycles. The van der Waals surface area contributed by atoms with Gasteiger partial charge in [-0.25, -0.2) is 4.39 Å². The smallest absolute Gasteiger partial charge is 0.234 e. The summed E-state index contributed by atoms with van der Waals surface area (Å²) in [5.41, 5.74) is 1.51. The molecular weight excluding hydrogens is 387 g/mol. The van der Waals surface area contributed by atoms with Gasteiger partial charge < -0.3 is 5.32 Å². The molecule has 138 valence electrons. The largest absolute Gasteiger partial charge is 0.325 e. The molecule has 1 fully saturated rings. The lowest BCUT2D eigenvalue weighted by Crippen LogP contribution is -2.14. The van der Waals surface area contributed by atoms with E-state index in [1.54, 1.807) is 36.4 Å².